The van der Waals surface area contributed by atoms with E-state index in [1.54, 1.807) is 6.92 Å². The van der Waals surface area contributed by atoms with E-state index in [0.717, 1.165) is 11.6 Å². The van der Waals surface area contributed by atoms with Crippen LogP contribution in [0, 0.1) is 11.6 Å². The van der Waals surface area contributed by atoms with Crippen LogP contribution in [0.1, 0.15) is 30.9 Å². The summed E-state index contributed by atoms with van der Waals surface area (Å²) in [7, 11) is 0. The lowest BCUT2D eigenvalue weighted by molar-refractivity contribution is -0.123. The second-order valence-corrected chi connectivity index (χ2v) is 6.17. The molecule has 1 amide bonds. The molecule has 1 heterocycles. The number of amides is 1. The first-order chi connectivity index (χ1) is 10.3. The zero-order valence-corrected chi connectivity index (χ0v) is 13.1. The minimum Gasteiger partial charge on any atom is -0.383 e. The van der Waals surface area contributed by atoms with E-state index >= 15 is 0 Å². The molecule has 2 atom stereocenters. The number of carbonyl (C=O) groups is 1. The van der Waals surface area contributed by atoms with Gasteiger partial charge in [0.25, 0.3) is 0 Å². The first-order valence-corrected chi connectivity index (χ1v) is 7.73. The molecule has 6 heteroatoms. The largest absolute Gasteiger partial charge is 0.383 e. The predicted octanol–water partition coefficient (Wildman–Crippen LogP) is 3.15. The summed E-state index contributed by atoms with van der Waals surface area (Å²) in [6.45, 7) is 2.96. The molecule has 22 heavy (non-hydrogen) atoms. The van der Waals surface area contributed by atoms with Gasteiger partial charge in [-0.25, -0.2) is 8.78 Å². The summed E-state index contributed by atoms with van der Waals surface area (Å²) < 4.78 is 26.7. The molecule has 0 saturated carbocycles. The average Bonchev–Trinajstić information content (AvgIpc) is 2.97. The average molecular weight is 325 g/mol. The molecule has 2 aromatic rings. The second-order valence-electron chi connectivity index (χ2n) is 5.39. The van der Waals surface area contributed by atoms with Crippen LogP contribution in [0.4, 0.5) is 8.78 Å². The number of carbonyl (C=O) groups excluding carboxylic acids is 1. The molecule has 2 rings (SSSR count). The van der Waals surface area contributed by atoms with Gasteiger partial charge in [-0.3, -0.25) is 4.79 Å². The third kappa shape index (κ3) is 3.69. The van der Waals surface area contributed by atoms with Crippen molar-refractivity contribution in [1.82, 2.24) is 5.32 Å². The lowest BCUT2D eigenvalue weighted by Gasteiger charge is -2.25. The summed E-state index contributed by atoms with van der Waals surface area (Å²) in [5.74, 6) is -2.18. The molecule has 2 unspecified atom stereocenters. The van der Waals surface area contributed by atoms with Crippen LogP contribution in [0.2, 0.25) is 0 Å². The van der Waals surface area contributed by atoms with E-state index in [9.17, 15) is 18.7 Å². The van der Waals surface area contributed by atoms with Gasteiger partial charge in [0.2, 0.25) is 5.91 Å². The molecular weight excluding hydrogens is 308 g/mol. The number of thiophene rings is 1. The number of benzene rings is 1. The number of rotatable bonds is 5. The molecule has 0 saturated heterocycles. The van der Waals surface area contributed by atoms with Gasteiger partial charge in [0, 0.05) is 11.6 Å². The van der Waals surface area contributed by atoms with E-state index in [2.05, 4.69) is 5.32 Å². The minimum absolute atomic E-state index is 0.0580. The lowest BCUT2D eigenvalue weighted by Crippen LogP contribution is -2.40. The summed E-state index contributed by atoms with van der Waals surface area (Å²) in [6.07, 6.45) is 0. The summed E-state index contributed by atoms with van der Waals surface area (Å²) in [5, 5.41) is 16.7. The highest BCUT2D eigenvalue weighted by atomic mass is 32.1. The second kappa shape index (κ2) is 6.54. The van der Waals surface area contributed by atoms with E-state index < -0.39 is 17.2 Å². The van der Waals surface area contributed by atoms with E-state index in [-0.39, 0.29) is 23.9 Å². The summed E-state index contributed by atoms with van der Waals surface area (Å²) >= 11 is 1.49. The fourth-order valence-electron chi connectivity index (χ4n) is 2.11. The molecule has 0 fully saturated rings. The summed E-state index contributed by atoms with van der Waals surface area (Å²) in [4.78, 5) is 12.1. The highest BCUT2D eigenvalue weighted by Crippen LogP contribution is 2.24. The van der Waals surface area contributed by atoms with Gasteiger partial charge in [0.05, 0.1) is 12.5 Å². The number of hydrogen-bond acceptors (Lipinski definition) is 3. The van der Waals surface area contributed by atoms with Crippen molar-refractivity contribution >= 4 is 17.2 Å². The van der Waals surface area contributed by atoms with Crippen molar-refractivity contribution < 1.29 is 18.7 Å². The first-order valence-electron chi connectivity index (χ1n) is 6.79. The Morgan fingerprint density at radius 2 is 2.14 bits per heavy atom. The van der Waals surface area contributed by atoms with Gasteiger partial charge < -0.3 is 10.4 Å². The maximum Gasteiger partial charge on any atom is 0.227 e. The lowest BCUT2D eigenvalue weighted by atomic mass is 9.94. The van der Waals surface area contributed by atoms with E-state index in [1.165, 1.54) is 24.3 Å². The van der Waals surface area contributed by atoms with Crippen molar-refractivity contribution in [2.24, 2.45) is 0 Å². The Kier molecular flexibility index (Phi) is 4.93. The van der Waals surface area contributed by atoms with E-state index in [0.29, 0.717) is 6.07 Å². The topological polar surface area (TPSA) is 49.3 Å². The Bertz CT molecular complexity index is 656. The number of halogens is 2. The third-order valence-corrected chi connectivity index (χ3v) is 4.26. The van der Waals surface area contributed by atoms with Crippen LogP contribution in [-0.4, -0.2) is 17.6 Å². The molecule has 0 radical (unpaired) electrons. The summed E-state index contributed by atoms with van der Waals surface area (Å²) in [5.41, 5.74) is -0.797. The van der Waals surface area contributed by atoms with Crippen LogP contribution < -0.4 is 5.32 Å². The Morgan fingerprint density at radius 1 is 1.41 bits per heavy atom. The van der Waals surface area contributed by atoms with Crippen LogP contribution in [0.3, 0.4) is 0 Å². The van der Waals surface area contributed by atoms with E-state index in [4.69, 9.17) is 0 Å². The molecule has 1 aromatic heterocycles. The quantitative estimate of drug-likeness (QED) is 0.887. The Hall–Kier alpha value is -1.79. The van der Waals surface area contributed by atoms with Gasteiger partial charge >= 0.3 is 0 Å². The van der Waals surface area contributed by atoms with Gasteiger partial charge in [-0.2, -0.15) is 11.3 Å². The molecule has 0 aliphatic carbocycles. The van der Waals surface area contributed by atoms with Gasteiger partial charge in [-0.05, 0) is 42.3 Å². The Labute approximate surface area is 131 Å². The molecule has 0 aliphatic rings. The molecule has 3 nitrogen and oxygen atoms in total. The van der Waals surface area contributed by atoms with Crippen molar-refractivity contribution in [2.75, 3.05) is 6.54 Å². The van der Waals surface area contributed by atoms with Crippen molar-refractivity contribution in [2.45, 2.75) is 25.4 Å². The van der Waals surface area contributed by atoms with Gasteiger partial charge in [-0.15, -0.1) is 0 Å². The van der Waals surface area contributed by atoms with Crippen LogP contribution in [-0.2, 0) is 10.4 Å². The van der Waals surface area contributed by atoms with Crippen molar-refractivity contribution in [3.63, 3.8) is 0 Å². The van der Waals surface area contributed by atoms with Crippen LogP contribution in [0.5, 0.6) is 0 Å². The highest BCUT2D eigenvalue weighted by Gasteiger charge is 2.28. The maximum atomic E-state index is 13.7. The molecule has 118 valence electrons. The normalized spacial score (nSPS) is 15.1. The minimum atomic E-state index is -1.62. The molecule has 0 bridgehead atoms. The number of aliphatic hydroxyl groups is 1. The highest BCUT2D eigenvalue weighted by molar-refractivity contribution is 7.08. The third-order valence-electron chi connectivity index (χ3n) is 3.55. The zero-order chi connectivity index (χ0) is 16.3. The smallest absolute Gasteiger partial charge is 0.227 e. The monoisotopic (exact) mass is 325 g/mol. The predicted molar refractivity (Wildman–Crippen MR) is 81.7 cm³/mol. The molecule has 2 N–H and O–H groups in total. The fourth-order valence-corrected chi connectivity index (χ4v) is 2.86. The van der Waals surface area contributed by atoms with E-state index in [1.807, 2.05) is 16.8 Å². The number of hydrogen-bond donors (Lipinski definition) is 2. The van der Waals surface area contributed by atoms with Crippen LogP contribution in [0.15, 0.2) is 35.0 Å². The Balaban J connectivity index is 2.04. The number of nitrogens with one attached hydrogen (secondary N) is 1. The van der Waals surface area contributed by atoms with Crippen molar-refractivity contribution in [3.8, 4) is 0 Å². The standard InChI is InChI=1S/C16H17F2NO2S/c1-10(11-5-6-22-8-11)15(20)19-9-16(2,21)13-4-3-12(17)7-14(13)18/h3-8,10,21H,9H2,1-2H3,(H,19,20). The molecule has 1 aromatic carbocycles. The Morgan fingerprint density at radius 3 is 2.73 bits per heavy atom. The molecule has 0 spiro atoms. The first kappa shape index (κ1) is 16.6. The molecular formula is C16H17F2NO2S. The maximum absolute atomic E-state index is 13.7. The van der Waals surface area contributed by atoms with Gasteiger partial charge in [-0.1, -0.05) is 6.07 Å². The SMILES string of the molecule is CC(C(=O)NCC(C)(O)c1ccc(F)cc1F)c1ccsc1. The summed E-state index contributed by atoms with van der Waals surface area (Å²) in [6, 6.07) is 4.81. The van der Waals surface area contributed by atoms with Crippen molar-refractivity contribution in [3.05, 3.63) is 57.8 Å². The van der Waals surface area contributed by atoms with Gasteiger partial charge in [0.1, 0.15) is 17.2 Å². The van der Waals surface area contributed by atoms with Crippen molar-refractivity contribution in [1.29, 1.82) is 0 Å². The van der Waals surface area contributed by atoms with Crippen LogP contribution in [0.25, 0.3) is 0 Å². The van der Waals surface area contributed by atoms with Crippen LogP contribution >= 0.6 is 11.3 Å². The zero-order valence-electron chi connectivity index (χ0n) is 12.3. The fraction of sp³-hybridized carbons (Fsp3) is 0.312. The molecule has 0 aliphatic heterocycles. The van der Waals surface area contributed by atoms with Gasteiger partial charge in [0.15, 0.2) is 0 Å².